The molecular weight excluding hydrogens is 292 g/mol. The molecule has 2 aliphatic rings. The highest BCUT2D eigenvalue weighted by Crippen LogP contribution is 2.27. The molecule has 22 heavy (non-hydrogen) atoms. The maximum absolute atomic E-state index is 10.2. The molecule has 3 atom stereocenters. The first-order valence-electron chi connectivity index (χ1n) is 9.17. The molecule has 0 aromatic heterocycles. The number of nitrogens with zero attached hydrogens (tertiary/aromatic N) is 1. The highest BCUT2D eigenvalue weighted by Gasteiger charge is 2.31. The van der Waals surface area contributed by atoms with E-state index in [9.17, 15) is 5.11 Å². The Bertz CT molecular complexity index is 324. The fraction of sp³-hybridized carbons (Fsp3) is 1.00. The Morgan fingerprint density at radius 2 is 1.77 bits per heavy atom. The lowest BCUT2D eigenvalue weighted by molar-refractivity contribution is 0.00685. The van der Waals surface area contributed by atoms with Crippen molar-refractivity contribution in [3.8, 4) is 0 Å². The maximum Gasteiger partial charge on any atom is 0.0695 e. The molecule has 1 aliphatic heterocycles. The molecule has 2 fully saturated rings. The molecule has 3 nitrogen and oxygen atoms in total. The van der Waals surface area contributed by atoms with E-state index in [1.807, 2.05) is 11.8 Å². The van der Waals surface area contributed by atoms with Crippen LogP contribution in [0.5, 0.6) is 0 Å². The molecule has 0 spiro atoms. The van der Waals surface area contributed by atoms with Gasteiger partial charge in [0.25, 0.3) is 0 Å². The molecule has 1 saturated heterocycles. The minimum absolute atomic E-state index is 0.0830. The van der Waals surface area contributed by atoms with E-state index in [1.165, 1.54) is 37.9 Å². The van der Waals surface area contributed by atoms with Crippen molar-refractivity contribution >= 4 is 11.8 Å². The van der Waals surface area contributed by atoms with Gasteiger partial charge in [0, 0.05) is 41.7 Å². The standard InChI is InChI=1S/C18H36N2OS/c1-14(13-22-18(2,3)4)19-15-9-11-20(12-10-15)16-7-5-6-8-17(16)21/h14-17,19,21H,5-13H2,1-4H3. The molecule has 1 heterocycles. The molecule has 1 aliphatic carbocycles. The van der Waals surface area contributed by atoms with Crippen LogP contribution >= 0.6 is 11.8 Å². The molecule has 4 heteroatoms. The first kappa shape index (κ1) is 18.6. The fourth-order valence-electron chi connectivity index (χ4n) is 3.74. The van der Waals surface area contributed by atoms with Crippen LogP contribution in [-0.4, -0.2) is 57.8 Å². The minimum Gasteiger partial charge on any atom is -0.391 e. The van der Waals surface area contributed by atoms with Gasteiger partial charge in [-0.05, 0) is 32.6 Å². The summed E-state index contributed by atoms with van der Waals surface area (Å²) >= 11 is 2.05. The molecule has 0 aromatic carbocycles. The molecule has 0 aromatic rings. The molecule has 2 N–H and O–H groups in total. The van der Waals surface area contributed by atoms with Gasteiger partial charge < -0.3 is 10.4 Å². The average molecular weight is 329 g/mol. The second kappa shape index (κ2) is 8.36. The average Bonchev–Trinajstić information content (AvgIpc) is 2.46. The van der Waals surface area contributed by atoms with Crippen molar-refractivity contribution in [3.63, 3.8) is 0 Å². The SMILES string of the molecule is CC(CSC(C)(C)C)NC1CCN(C2CCCCC2O)CC1. The van der Waals surface area contributed by atoms with Crippen LogP contribution in [0.2, 0.25) is 0 Å². The number of aliphatic hydroxyl groups is 1. The molecule has 0 bridgehead atoms. The molecule has 1 saturated carbocycles. The lowest BCUT2D eigenvalue weighted by atomic mass is 9.89. The first-order chi connectivity index (χ1) is 10.3. The van der Waals surface area contributed by atoms with Gasteiger partial charge in [0.05, 0.1) is 6.10 Å². The van der Waals surface area contributed by atoms with Gasteiger partial charge in [0.2, 0.25) is 0 Å². The number of hydrogen-bond acceptors (Lipinski definition) is 4. The van der Waals surface area contributed by atoms with E-state index in [1.54, 1.807) is 0 Å². The lowest BCUT2D eigenvalue weighted by Gasteiger charge is -2.42. The largest absolute Gasteiger partial charge is 0.391 e. The zero-order valence-electron chi connectivity index (χ0n) is 15.0. The van der Waals surface area contributed by atoms with E-state index in [0.29, 0.717) is 22.9 Å². The van der Waals surface area contributed by atoms with Gasteiger partial charge in [-0.25, -0.2) is 0 Å². The van der Waals surface area contributed by atoms with E-state index in [2.05, 4.69) is 37.9 Å². The number of likely N-dealkylation sites (tertiary alicyclic amines) is 1. The van der Waals surface area contributed by atoms with Crippen LogP contribution in [0, 0.1) is 0 Å². The van der Waals surface area contributed by atoms with E-state index in [4.69, 9.17) is 0 Å². The molecule has 0 radical (unpaired) electrons. The summed E-state index contributed by atoms with van der Waals surface area (Å²) in [6.45, 7) is 11.5. The second-order valence-corrected chi connectivity index (χ2v) is 10.1. The van der Waals surface area contributed by atoms with Gasteiger partial charge in [-0.15, -0.1) is 0 Å². The number of thioether (sulfide) groups is 1. The summed E-state index contributed by atoms with van der Waals surface area (Å²) in [5, 5.41) is 14.0. The number of hydrogen-bond donors (Lipinski definition) is 2. The van der Waals surface area contributed by atoms with Crippen LogP contribution in [0.4, 0.5) is 0 Å². The zero-order valence-corrected chi connectivity index (χ0v) is 15.8. The summed E-state index contributed by atoms with van der Waals surface area (Å²) in [5.41, 5.74) is 0. The van der Waals surface area contributed by atoms with Crippen molar-refractivity contribution in [1.82, 2.24) is 10.2 Å². The summed E-state index contributed by atoms with van der Waals surface area (Å²) in [4.78, 5) is 2.55. The van der Waals surface area contributed by atoms with Crippen LogP contribution in [0.25, 0.3) is 0 Å². The van der Waals surface area contributed by atoms with Gasteiger partial charge >= 0.3 is 0 Å². The summed E-state index contributed by atoms with van der Waals surface area (Å²) < 4.78 is 0.358. The first-order valence-corrected chi connectivity index (χ1v) is 10.2. The second-order valence-electron chi connectivity index (χ2n) is 8.22. The van der Waals surface area contributed by atoms with Crippen LogP contribution in [0.15, 0.2) is 0 Å². The lowest BCUT2D eigenvalue weighted by Crippen LogP contribution is -2.52. The Morgan fingerprint density at radius 1 is 1.14 bits per heavy atom. The summed E-state index contributed by atoms with van der Waals surface area (Å²) in [6, 6.07) is 1.68. The quantitative estimate of drug-likeness (QED) is 0.812. The summed E-state index contributed by atoms with van der Waals surface area (Å²) in [7, 11) is 0. The van der Waals surface area contributed by atoms with Crippen molar-refractivity contribution in [2.45, 2.75) is 95.2 Å². The van der Waals surface area contributed by atoms with Gasteiger partial charge in [0.15, 0.2) is 0 Å². The van der Waals surface area contributed by atoms with Crippen molar-refractivity contribution in [1.29, 1.82) is 0 Å². The van der Waals surface area contributed by atoms with Crippen molar-refractivity contribution in [2.75, 3.05) is 18.8 Å². The van der Waals surface area contributed by atoms with Gasteiger partial charge in [-0.2, -0.15) is 11.8 Å². The topological polar surface area (TPSA) is 35.5 Å². The van der Waals surface area contributed by atoms with Crippen molar-refractivity contribution in [3.05, 3.63) is 0 Å². The van der Waals surface area contributed by atoms with Gasteiger partial charge in [-0.1, -0.05) is 33.6 Å². The van der Waals surface area contributed by atoms with E-state index in [-0.39, 0.29) is 6.10 Å². The minimum atomic E-state index is -0.0830. The van der Waals surface area contributed by atoms with E-state index >= 15 is 0 Å². The smallest absolute Gasteiger partial charge is 0.0695 e. The third-order valence-electron chi connectivity index (χ3n) is 4.98. The van der Waals surface area contributed by atoms with E-state index < -0.39 is 0 Å². The third-order valence-corrected chi connectivity index (χ3v) is 6.51. The fourth-order valence-corrected chi connectivity index (χ4v) is 4.59. The highest BCUT2D eigenvalue weighted by atomic mass is 32.2. The summed E-state index contributed by atoms with van der Waals surface area (Å²) in [5.74, 6) is 1.19. The molecule has 3 unspecified atom stereocenters. The Labute approximate surface area is 141 Å². The van der Waals surface area contributed by atoms with Crippen LogP contribution in [-0.2, 0) is 0 Å². The molecule has 130 valence electrons. The number of nitrogens with one attached hydrogen (secondary N) is 1. The monoisotopic (exact) mass is 328 g/mol. The number of aliphatic hydroxyl groups excluding tert-OH is 1. The highest BCUT2D eigenvalue weighted by molar-refractivity contribution is 8.00. The Hall–Kier alpha value is 0.230. The third kappa shape index (κ3) is 6.03. The predicted molar refractivity (Wildman–Crippen MR) is 97.7 cm³/mol. The van der Waals surface area contributed by atoms with Crippen LogP contribution in [0.3, 0.4) is 0 Å². The summed E-state index contributed by atoms with van der Waals surface area (Å²) in [6.07, 6.45) is 7.07. The normalized spacial score (nSPS) is 30.4. The zero-order chi connectivity index (χ0) is 16.2. The molecule has 0 amide bonds. The molecule has 2 rings (SSSR count). The predicted octanol–water partition coefficient (Wildman–Crippen LogP) is 3.26. The Morgan fingerprint density at radius 3 is 2.36 bits per heavy atom. The van der Waals surface area contributed by atoms with Crippen molar-refractivity contribution in [2.24, 2.45) is 0 Å². The Balaban J connectivity index is 1.68. The number of piperidine rings is 1. The van der Waals surface area contributed by atoms with E-state index in [0.717, 1.165) is 19.5 Å². The van der Waals surface area contributed by atoms with Gasteiger partial charge in [0.1, 0.15) is 0 Å². The number of rotatable bonds is 5. The molecular formula is C18H36N2OS. The Kier molecular flexibility index (Phi) is 7.06. The van der Waals surface area contributed by atoms with Crippen LogP contribution < -0.4 is 5.32 Å². The van der Waals surface area contributed by atoms with Gasteiger partial charge in [-0.3, -0.25) is 4.90 Å². The van der Waals surface area contributed by atoms with Crippen molar-refractivity contribution < 1.29 is 5.11 Å². The van der Waals surface area contributed by atoms with Crippen LogP contribution in [0.1, 0.15) is 66.2 Å². The maximum atomic E-state index is 10.2.